The van der Waals surface area contributed by atoms with Crippen LogP contribution in [0.1, 0.15) is 51.1 Å². The molecule has 8 nitrogen and oxygen atoms in total. The first-order valence-electron chi connectivity index (χ1n) is 12.9. The van der Waals surface area contributed by atoms with Crippen molar-refractivity contribution in [2.75, 3.05) is 36.4 Å². The third kappa shape index (κ3) is 4.64. The highest BCUT2D eigenvalue weighted by atomic mass is 35.5. The van der Waals surface area contributed by atoms with Crippen LogP contribution in [0.5, 0.6) is 0 Å². The largest absolute Gasteiger partial charge is 0.390 e. The van der Waals surface area contributed by atoms with E-state index in [1.807, 2.05) is 19.1 Å². The van der Waals surface area contributed by atoms with Crippen LogP contribution in [-0.2, 0) is 0 Å². The first kappa shape index (κ1) is 24.2. The van der Waals surface area contributed by atoms with Gasteiger partial charge >= 0.3 is 0 Å². The fourth-order valence-electron chi connectivity index (χ4n) is 6.19. The van der Waals surface area contributed by atoms with Crippen molar-refractivity contribution in [2.45, 2.75) is 57.2 Å². The van der Waals surface area contributed by atoms with Gasteiger partial charge in [0, 0.05) is 41.8 Å². The molecule has 36 heavy (non-hydrogen) atoms. The van der Waals surface area contributed by atoms with E-state index in [4.69, 9.17) is 28.2 Å². The van der Waals surface area contributed by atoms with Crippen LogP contribution in [0.4, 0.5) is 11.6 Å². The molecule has 2 atom stereocenters. The van der Waals surface area contributed by atoms with Crippen LogP contribution >= 0.6 is 23.2 Å². The highest BCUT2D eigenvalue weighted by molar-refractivity contribution is 6.35. The quantitative estimate of drug-likeness (QED) is 0.480. The molecule has 0 bridgehead atoms. The smallest absolute Gasteiger partial charge is 0.256 e. The number of halogens is 2. The number of nitrogens with zero attached hydrogens (tertiary/aromatic N) is 6. The number of rotatable bonds is 6. The lowest BCUT2D eigenvalue weighted by Crippen LogP contribution is -2.59. The lowest BCUT2D eigenvalue weighted by Gasteiger charge is -2.52. The summed E-state index contributed by atoms with van der Waals surface area (Å²) in [4.78, 5) is 14.1. The first-order chi connectivity index (χ1) is 17.3. The monoisotopic (exact) mass is 529 g/mol. The lowest BCUT2D eigenvalue weighted by atomic mass is 9.74. The highest BCUT2D eigenvalue weighted by Crippen LogP contribution is 2.40. The summed E-state index contributed by atoms with van der Waals surface area (Å²) in [6.45, 7) is 8.37. The molecule has 0 unspecified atom stereocenters. The van der Waals surface area contributed by atoms with Crippen molar-refractivity contribution in [3.05, 3.63) is 46.2 Å². The minimum absolute atomic E-state index is 0.0536. The molecule has 0 spiro atoms. The SMILES string of the molecule is C[C@@H](Nc1cc(N2CC([C@H]3CCCN(C4CC(C)(O)C4)C3)C2)nc2ncnn12)c1ccc(Cl)cc1Cl. The molecule has 2 saturated heterocycles. The minimum Gasteiger partial charge on any atom is -0.390 e. The number of hydrogen-bond acceptors (Lipinski definition) is 7. The van der Waals surface area contributed by atoms with Crippen LogP contribution < -0.4 is 10.2 Å². The Labute approximate surface area is 221 Å². The fourth-order valence-corrected chi connectivity index (χ4v) is 6.76. The molecule has 1 saturated carbocycles. The van der Waals surface area contributed by atoms with Gasteiger partial charge in [-0.25, -0.2) is 0 Å². The molecule has 0 amide bonds. The highest BCUT2D eigenvalue weighted by Gasteiger charge is 2.44. The summed E-state index contributed by atoms with van der Waals surface area (Å²) < 4.78 is 1.73. The zero-order chi connectivity index (χ0) is 25.0. The van der Waals surface area contributed by atoms with Gasteiger partial charge in [0.2, 0.25) is 0 Å². The summed E-state index contributed by atoms with van der Waals surface area (Å²) in [6, 6.07) is 8.12. The van der Waals surface area contributed by atoms with Crippen LogP contribution in [0.3, 0.4) is 0 Å². The molecule has 3 aromatic rings. The molecular formula is C26H33Cl2N7O. The van der Waals surface area contributed by atoms with Crippen molar-refractivity contribution in [1.29, 1.82) is 0 Å². The number of aliphatic hydroxyl groups is 1. The molecule has 2 aliphatic heterocycles. The van der Waals surface area contributed by atoms with E-state index in [1.54, 1.807) is 10.6 Å². The van der Waals surface area contributed by atoms with E-state index in [0.717, 1.165) is 49.7 Å². The summed E-state index contributed by atoms with van der Waals surface area (Å²) in [5.41, 5.74) is 0.505. The normalized spacial score (nSPS) is 28.1. The van der Waals surface area contributed by atoms with Gasteiger partial charge in [-0.1, -0.05) is 29.3 Å². The van der Waals surface area contributed by atoms with Gasteiger partial charge in [0.05, 0.1) is 11.6 Å². The van der Waals surface area contributed by atoms with Crippen molar-refractivity contribution in [3.8, 4) is 0 Å². The Hall–Kier alpha value is -2.13. The predicted octanol–water partition coefficient (Wildman–Crippen LogP) is 4.67. The van der Waals surface area contributed by atoms with Crippen LogP contribution in [0, 0.1) is 11.8 Å². The molecule has 2 N–H and O–H groups in total. The van der Waals surface area contributed by atoms with Crippen LogP contribution in [0.2, 0.25) is 10.0 Å². The van der Waals surface area contributed by atoms with Gasteiger partial charge in [-0.05, 0) is 75.6 Å². The second-order valence-corrected chi connectivity index (χ2v) is 12.0. The maximum absolute atomic E-state index is 10.2. The number of aromatic nitrogens is 4. The number of fused-ring (bicyclic) bond motifs is 1. The van der Waals surface area contributed by atoms with Gasteiger partial charge < -0.3 is 15.3 Å². The Balaban J connectivity index is 1.13. The summed E-state index contributed by atoms with van der Waals surface area (Å²) in [5, 5.41) is 19.3. The number of piperidine rings is 1. The van der Waals surface area contributed by atoms with E-state index in [0.29, 0.717) is 33.7 Å². The first-order valence-corrected chi connectivity index (χ1v) is 13.6. The minimum atomic E-state index is -0.459. The van der Waals surface area contributed by atoms with Gasteiger partial charge in [-0.2, -0.15) is 19.6 Å². The van der Waals surface area contributed by atoms with Crippen LogP contribution in [0.15, 0.2) is 30.6 Å². The van der Waals surface area contributed by atoms with Gasteiger partial charge in [-0.15, -0.1) is 0 Å². The van der Waals surface area contributed by atoms with Crippen LogP contribution in [0.25, 0.3) is 5.78 Å². The van der Waals surface area contributed by atoms with Crippen molar-refractivity contribution in [1.82, 2.24) is 24.5 Å². The molecule has 3 aliphatic rings. The maximum atomic E-state index is 10.2. The van der Waals surface area contributed by atoms with Crippen molar-refractivity contribution in [2.24, 2.45) is 11.8 Å². The van der Waals surface area contributed by atoms with Gasteiger partial charge in [-0.3, -0.25) is 4.90 Å². The third-order valence-corrected chi connectivity index (χ3v) is 8.85. The van der Waals surface area contributed by atoms with E-state index in [9.17, 15) is 5.11 Å². The second-order valence-electron chi connectivity index (χ2n) is 11.1. The molecule has 0 radical (unpaired) electrons. The predicted molar refractivity (Wildman–Crippen MR) is 143 cm³/mol. The van der Waals surface area contributed by atoms with Crippen LogP contribution in [-0.4, -0.2) is 67.4 Å². The molecule has 6 rings (SSSR count). The Morgan fingerprint density at radius 3 is 2.69 bits per heavy atom. The van der Waals surface area contributed by atoms with E-state index >= 15 is 0 Å². The van der Waals surface area contributed by atoms with E-state index in [2.05, 4.69) is 38.2 Å². The summed E-state index contributed by atoms with van der Waals surface area (Å²) in [7, 11) is 0. The van der Waals surface area contributed by atoms with Gasteiger partial charge in [0.1, 0.15) is 18.0 Å². The Morgan fingerprint density at radius 2 is 1.94 bits per heavy atom. The van der Waals surface area contributed by atoms with Gasteiger partial charge in [0.15, 0.2) is 0 Å². The van der Waals surface area contributed by atoms with Crippen molar-refractivity contribution >= 4 is 40.6 Å². The molecular weight excluding hydrogens is 497 g/mol. The zero-order valence-corrected chi connectivity index (χ0v) is 22.3. The Morgan fingerprint density at radius 1 is 1.14 bits per heavy atom. The number of benzene rings is 1. The summed E-state index contributed by atoms with van der Waals surface area (Å²) in [5.74, 6) is 3.71. The molecule has 4 heterocycles. The fraction of sp³-hybridized carbons (Fsp3) is 0.577. The van der Waals surface area contributed by atoms with E-state index in [1.165, 1.54) is 25.7 Å². The number of likely N-dealkylation sites (tertiary alicyclic amines) is 1. The zero-order valence-electron chi connectivity index (χ0n) is 20.7. The van der Waals surface area contributed by atoms with Gasteiger partial charge in [0.25, 0.3) is 5.78 Å². The molecule has 10 heteroatoms. The molecule has 1 aromatic carbocycles. The third-order valence-electron chi connectivity index (χ3n) is 8.29. The summed E-state index contributed by atoms with van der Waals surface area (Å²) in [6.07, 6.45) is 5.90. The average Bonchev–Trinajstić information content (AvgIpc) is 3.26. The number of anilines is 2. The molecule has 2 aromatic heterocycles. The lowest BCUT2D eigenvalue weighted by molar-refractivity contribution is -0.0890. The van der Waals surface area contributed by atoms with Crippen molar-refractivity contribution < 1.29 is 5.11 Å². The second kappa shape index (κ2) is 9.31. The maximum Gasteiger partial charge on any atom is 0.256 e. The average molecular weight is 531 g/mol. The van der Waals surface area contributed by atoms with E-state index in [-0.39, 0.29) is 6.04 Å². The summed E-state index contributed by atoms with van der Waals surface area (Å²) >= 11 is 12.5. The topological polar surface area (TPSA) is 81.8 Å². The Kier molecular flexibility index (Phi) is 6.27. The van der Waals surface area contributed by atoms with Crippen molar-refractivity contribution in [3.63, 3.8) is 0 Å². The Bertz CT molecular complexity index is 1250. The molecule has 3 fully saturated rings. The van der Waals surface area contributed by atoms with E-state index < -0.39 is 5.60 Å². The number of hydrogen-bond donors (Lipinski definition) is 2. The molecule has 1 aliphatic carbocycles. The number of nitrogens with one attached hydrogen (secondary N) is 1. The standard InChI is InChI=1S/C26H33Cl2N7O/c1-16(21-6-5-19(27)8-22(21)28)31-24-9-23(32-25-29-15-30-35(24)25)34-13-18(14-34)17-4-3-7-33(12-17)20-10-26(2,36)11-20/h5-6,8-9,15-18,20,31,36H,3-4,7,10-14H2,1-2H3/t16-,17+,20?,26?/m1/s1. The molecule has 192 valence electrons.